The Hall–Kier alpha value is -0.830. The van der Waals surface area contributed by atoms with Gasteiger partial charge in [0.05, 0.1) is 6.20 Å². The third-order valence-corrected chi connectivity index (χ3v) is 4.81. The summed E-state index contributed by atoms with van der Waals surface area (Å²) in [5, 5.41) is 9.49. The molecule has 0 atom stereocenters. The van der Waals surface area contributed by atoms with Crippen molar-refractivity contribution in [3.8, 4) is 0 Å². The van der Waals surface area contributed by atoms with Gasteiger partial charge in [-0.15, -0.1) is 0 Å². The Balaban J connectivity index is 1.88. The number of hydrogen-bond donors (Lipinski definition) is 1. The zero-order valence-electron chi connectivity index (χ0n) is 9.83. The van der Waals surface area contributed by atoms with Gasteiger partial charge in [0.25, 0.3) is 0 Å². The molecule has 3 nitrogen and oxygen atoms in total. The van der Waals surface area contributed by atoms with Crippen LogP contribution < -0.4 is 0 Å². The van der Waals surface area contributed by atoms with Gasteiger partial charge >= 0.3 is 0 Å². The lowest BCUT2D eigenvalue weighted by molar-refractivity contribution is -0.0160. The fraction of sp³-hybridized carbons (Fsp3) is 0.769. The van der Waals surface area contributed by atoms with Crippen molar-refractivity contribution in [2.75, 3.05) is 6.61 Å². The summed E-state index contributed by atoms with van der Waals surface area (Å²) in [4.78, 5) is 4.43. The number of aliphatic hydroxyl groups excluding tert-OH is 1. The van der Waals surface area contributed by atoms with E-state index in [9.17, 15) is 5.11 Å². The molecule has 0 amide bonds. The molecule has 0 radical (unpaired) electrons. The topological polar surface area (TPSA) is 46.3 Å². The maximum Gasteiger partial charge on any atom is 0.200 e. The predicted molar refractivity (Wildman–Crippen MR) is 60.1 cm³/mol. The summed E-state index contributed by atoms with van der Waals surface area (Å²) in [6.07, 6.45) is 8.61. The number of rotatable bonds is 2. The second-order valence-electron chi connectivity index (χ2n) is 5.71. The van der Waals surface area contributed by atoms with E-state index in [1.807, 2.05) is 13.1 Å². The van der Waals surface area contributed by atoms with Crippen molar-refractivity contribution in [2.45, 2.75) is 50.9 Å². The van der Waals surface area contributed by atoms with Crippen molar-refractivity contribution < 1.29 is 9.52 Å². The Morgan fingerprint density at radius 2 is 1.88 bits per heavy atom. The average Bonchev–Trinajstić information content (AvgIpc) is 2.79. The first-order chi connectivity index (χ1) is 7.68. The molecule has 1 N–H and O–H groups in total. The molecule has 16 heavy (non-hydrogen) atoms. The van der Waals surface area contributed by atoms with Gasteiger partial charge in [0, 0.05) is 12.0 Å². The number of hydrogen-bond acceptors (Lipinski definition) is 3. The molecule has 3 saturated carbocycles. The van der Waals surface area contributed by atoms with Gasteiger partial charge in [-0.05, 0) is 50.9 Å². The van der Waals surface area contributed by atoms with Crippen LogP contribution in [0, 0.1) is 12.3 Å². The van der Waals surface area contributed by atoms with E-state index >= 15 is 0 Å². The molecule has 0 unspecified atom stereocenters. The Kier molecular flexibility index (Phi) is 2.15. The Morgan fingerprint density at radius 1 is 1.25 bits per heavy atom. The molecular formula is C13H19NO2. The molecule has 1 aromatic heterocycles. The van der Waals surface area contributed by atoms with Crippen LogP contribution in [0.3, 0.4) is 0 Å². The molecule has 0 spiro atoms. The van der Waals surface area contributed by atoms with Gasteiger partial charge in [-0.3, -0.25) is 0 Å². The Morgan fingerprint density at radius 3 is 2.31 bits per heavy atom. The second kappa shape index (κ2) is 3.33. The lowest BCUT2D eigenvalue weighted by Crippen LogP contribution is -2.45. The summed E-state index contributed by atoms with van der Waals surface area (Å²) in [5.41, 5.74) is 0.411. The highest BCUT2D eigenvalue weighted by molar-refractivity contribution is 5.14. The third-order valence-electron chi connectivity index (χ3n) is 4.81. The number of fused-ring (bicyclic) bond motifs is 3. The van der Waals surface area contributed by atoms with Crippen LogP contribution in [0.5, 0.6) is 0 Å². The van der Waals surface area contributed by atoms with Crippen LogP contribution in [-0.2, 0) is 5.41 Å². The van der Waals surface area contributed by atoms with E-state index < -0.39 is 0 Å². The van der Waals surface area contributed by atoms with Crippen LogP contribution in [0.4, 0.5) is 0 Å². The minimum Gasteiger partial charge on any atom is -0.445 e. The third kappa shape index (κ3) is 1.34. The number of nitrogens with zero attached hydrogens (tertiary/aromatic N) is 1. The van der Waals surface area contributed by atoms with Crippen LogP contribution >= 0.6 is 0 Å². The van der Waals surface area contributed by atoms with Gasteiger partial charge in [-0.1, -0.05) is 0 Å². The smallest absolute Gasteiger partial charge is 0.200 e. The number of aryl methyl sites for hydroxylation is 1. The van der Waals surface area contributed by atoms with E-state index in [1.54, 1.807) is 0 Å². The first-order valence-electron chi connectivity index (χ1n) is 6.22. The highest BCUT2D eigenvalue weighted by Gasteiger charge is 2.51. The average molecular weight is 221 g/mol. The molecule has 3 aliphatic carbocycles. The van der Waals surface area contributed by atoms with E-state index in [0.29, 0.717) is 6.61 Å². The highest BCUT2D eigenvalue weighted by atomic mass is 16.4. The van der Waals surface area contributed by atoms with Crippen LogP contribution in [0.25, 0.3) is 0 Å². The van der Waals surface area contributed by atoms with Gasteiger partial charge in [-0.2, -0.15) is 0 Å². The summed E-state index contributed by atoms with van der Waals surface area (Å²) in [6.45, 7) is 2.31. The summed E-state index contributed by atoms with van der Waals surface area (Å²) < 4.78 is 5.73. The molecule has 88 valence electrons. The van der Waals surface area contributed by atoms with Crippen molar-refractivity contribution in [1.82, 2.24) is 4.98 Å². The summed E-state index contributed by atoms with van der Waals surface area (Å²) >= 11 is 0. The monoisotopic (exact) mass is 221 g/mol. The van der Waals surface area contributed by atoms with E-state index in [0.717, 1.165) is 50.2 Å². The van der Waals surface area contributed by atoms with Crippen LogP contribution in [0.15, 0.2) is 10.6 Å². The first-order valence-corrected chi connectivity index (χ1v) is 6.22. The summed E-state index contributed by atoms with van der Waals surface area (Å²) in [5.74, 6) is 1.85. The minimum absolute atomic E-state index is 0.186. The Labute approximate surface area is 95.9 Å². The van der Waals surface area contributed by atoms with Gasteiger partial charge in [0.2, 0.25) is 5.89 Å². The molecular weight excluding hydrogens is 202 g/mol. The fourth-order valence-corrected chi connectivity index (χ4v) is 3.42. The molecule has 3 aliphatic rings. The van der Waals surface area contributed by atoms with Crippen LogP contribution in [0.1, 0.15) is 50.2 Å². The normalized spacial score (nSPS) is 37.9. The number of aliphatic hydroxyl groups is 1. The number of oxazole rings is 1. The maximum absolute atomic E-state index is 9.49. The van der Waals surface area contributed by atoms with E-state index in [1.165, 1.54) is 0 Å². The van der Waals surface area contributed by atoms with Crippen molar-refractivity contribution in [1.29, 1.82) is 0 Å². The first kappa shape index (κ1) is 10.3. The molecule has 2 bridgehead atoms. The molecule has 3 heteroatoms. The molecule has 4 rings (SSSR count). The van der Waals surface area contributed by atoms with Crippen molar-refractivity contribution in [2.24, 2.45) is 5.41 Å². The van der Waals surface area contributed by atoms with Crippen molar-refractivity contribution >= 4 is 0 Å². The van der Waals surface area contributed by atoms with Crippen molar-refractivity contribution in [3.63, 3.8) is 0 Å². The van der Waals surface area contributed by atoms with E-state index in [-0.39, 0.29) is 10.8 Å². The quantitative estimate of drug-likeness (QED) is 0.834. The molecule has 1 heterocycles. The lowest BCUT2D eigenvalue weighted by Gasteiger charge is -2.51. The predicted octanol–water partition coefficient (Wildman–Crippen LogP) is 2.57. The second-order valence-corrected chi connectivity index (χ2v) is 5.71. The van der Waals surface area contributed by atoms with Crippen LogP contribution in [0.2, 0.25) is 0 Å². The van der Waals surface area contributed by atoms with Gasteiger partial charge < -0.3 is 9.52 Å². The summed E-state index contributed by atoms with van der Waals surface area (Å²) in [7, 11) is 0. The van der Waals surface area contributed by atoms with Gasteiger partial charge in [0.15, 0.2) is 0 Å². The molecule has 0 aromatic carbocycles. The van der Waals surface area contributed by atoms with Crippen molar-refractivity contribution in [3.05, 3.63) is 17.8 Å². The van der Waals surface area contributed by atoms with Gasteiger partial charge in [0.1, 0.15) is 5.76 Å². The SMILES string of the molecule is Cc1cnc(C23CCC(CO)(CC2)CC3)o1. The molecule has 1 aromatic rings. The summed E-state index contributed by atoms with van der Waals surface area (Å²) in [6, 6.07) is 0. The number of aromatic nitrogens is 1. The van der Waals surface area contributed by atoms with E-state index in [4.69, 9.17) is 4.42 Å². The zero-order valence-corrected chi connectivity index (χ0v) is 9.83. The largest absolute Gasteiger partial charge is 0.445 e. The zero-order chi connectivity index (χ0) is 11.2. The molecule has 3 fully saturated rings. The van der Waals surface area contributed by atoms with Gasteiger partial charge in [-0.25, -0.2) is 4.98 Å². The maximum atomic E-state index is 9.49. The standard InChI is InChI=1S/C13H19NO2/c1-10-8-14-11(16-10)13-5-2-12(9-15,3-6-13)4-7-13/h8,15H,2-7,9H2,1H3. The lowest BCUT2D eigenvalue weighted by atomic mass is 9.54. The Bertz CT molecular complexity index is 372. The fourth-order valence-electron chi connectivity index (χ4n) is 3.42. The molecule has 0 aliphatic heterocycles. The molecule has 0 saturated heterocycles. The minimum atomic E-state index is 0.186. The highest BCUT2D eigenvalue weighted by Crippen LogP contribution is 2.57. The van der Waals surface area contributed by atoms with E-state index in [2.05, 4.69) is 4.98 Å². The van der Waals surface area contributed by atoms with Crippen LogP contribution in [-0.4, -0.2) is 16.7 Å².